The summed E-state index contributed by atoms with van der Waals surface area (Å²) >= 11 is 19.1. The van der Waals surface area contributed by atoms with Crippen LogP contribution in [0.3, 0.4) is 0 Å². The zero-order valence-electron chi connectivity index (χ0n) is 30.9. The average molecular weight is 749 g/mol. The lowest BCUT2D eigenvalue weighted by Gasteiger charge is -2.60. The van der Waals surface area contributed by atoms with Crippen LogP contribution in [0.5, 0.6) is 11.5 Å². The number of alkyl halides is 1. The highest BCUT2D eigenvalue weighted by atomic mass is 35.5. The SMILES string of the molecule is CCC(C)(C)c1ccc(OC2(CC)C(=O)NC23CCC(Cl)C(NC(=O)C(=Nc2cc(Cl)c(O)c(Cl)c2)C(=O)C(C)(C)C)C3)c(C(C)(C)CC)c1. The fourth-order valence-corrected chi connectivity index (χ4v) is 7.53. The van der Waals surface area contributed by atoms with Gasteiger partial charge >= 0.3 is 0 Å². The number of hydrogen-bond donors (Lipinski definition) is 3. The Labute approximate surface area is 312 Å². The maximum absolute atomic E-state index is 14.0. The number of β-lactam (4-membered cyclic amide) rings is 1. The summed E-state index contributed by atoms with van der Waals surface area (Å²) in [5.41, 5.74) is -1.18. The Morgan fingerprint density at radius 2 is 1.60 bits per heavy atom. The van der Waals surface area contributed by atoms with Gasteiger partial charge in [0.15, 0.2) is 17.2 Å². The van der Waals surface area contributed by atoms with Crippen molar-refractivity contribution in [1.82, 2.24) is 10.6 Å². The molecule has 3 N–H and O–H groups in total. The van der Waals surface area contributed by atoms with Crippen LogP contribution in [0.1, 0.15) is 119 Å². The predicted octanol–water partition coefficient (Wildman–Crippen LogP) is 9.13. The quantitative estimate of drug-likeness (QED) is 0.0918. The van der Waals surface area contributed by atoms with Crippen LogP contribution in [0, 0.1) is 5.41 Å². The summed E-state index contributed by atoms with van der Waals surface area (Å²) in [5, 5.41) is 15.5. The lowest BCUT2D eigenvalue weighted by molar-refractivity contribution is -0.176. The summed E-state index contributed by atoms with van der Waals surface area (Å²) in [6.07, 6.45) is 3.56. The maximum Gasteiger partial charge on any atom is 0.273 e. The van der Waals surface area contributed by atoms with Crippen molar-refractivity contribution in [1.29, 1.82) is 0 Å². The van der Waals surface area contributed by atoms with E-state index >= 15 is 0 Å². The molecule has 0 bridgehead atoms. The molecule has 0 radical (unpaired) electrons. The van der Waals surface area contributed by atoms with Crippen LogP contribution in [0.4, 0.5) is 5.69 Å². The predicted molar refractivity (Wildman–Crippen MR) is 203 cm³/mol. The summed E-state index contributed by atoms with van der Waals surface area (Å²) < 4.78 is 6.95. The van der Waals surface area contributed by atoms with Crippen molar-refractivity contribution < 1.29 is 24.2 Å². The molecular weight excluding hydrogens is 697 g/mol. The number of carbonyl (C=O) groups is 3. The minimum atomic E-state index is -1.20. The van der Waals surface area contributed by atoms with Crippen molar-refractivity contribution in [2.75, 3.05) is 0 Å². The molecule has 4 atom stereocenters. The van der Waals surface area contributed by atoms with E-state index < -0.39 is 39.7 Å². The van der Waals surface area contributed by atoms with Crippen LogP contribution in [0.2, 0.25) is 10.0 Å². The van der Waals surface area contributed by atoms with Gasteiger partial charge in [-0.25, -0.2) is 4.99 Å². The lowest BCUT2D eigenvalue weighted by Crippen LogP contribution is -2.85. The van der Waals surface area contributed by atoms with E-state index in [1.54, 1.807) is 20.8 Å². The minimum absolute atomic E-state index is 0.0316. The fourth-order valence-electron chi connectivity index (χ4n) is 6.80. The highest BCUT2D eigenvalue weighted by Gasteiger charge is 2.69. The van der Waals surface area contributed by atoms with Crippen molar-refractivity contribution in [2.45, 2.75) is 141 Å². The second-order valence-corrected chi connectivity index (χ2v) is 17.5. The minimum Gasteiger partial charge on any atom is -0.505 e. The smallest absolute Gasteiger partial charge is 0.273 e. The molecule has 2 fully saturated rings. The normalized spacial score (nSPS) is 24.4. The number of aliphatic imine (C=N–C) groups is 1. The number of carbonyl (C=O) groups excluding carboxylic acids is 3. The van der Waals surface area contributed by atoms with E-state index in [-0.39, 0.29) is 50.4 Å². The number of benzene rings is 2. The summed E-state index contributed by atoms with van der Waals surface area (Å²) in [5.74, 6) is -1.08. The van der Waals surface area contributed by atoms with Gasteiger partial charge in [0.2, 0.25) is 5.60 Å². The van der Waals surface area contributed by atoms with Gasteiger partial charge in [0.25, 0.3) is 11.8 Å². The largest absolute Gasteiger partial charge is 0.505 e. The molecular formula is C39H52Cl3N3O5. The van der Waals surface area contributed by atoms with Crippen LogP contribution >= 0.6 is 34.8 Å². The molecule has 2 aromatic rings. The molecule has 4 unspecified atom stereocenters. The average Bonchev–Trinajstić information content (AvgIpc) is 3.05. The molecule has 1 saturated carbocycles. The van der Waals surface area contributed by atoms with Crippen molar-refractivity contribution in [3.8, 4) is 11.5 Å². The van der Waals surface area contributed by atoms with E-state index in [1.807, 2.05) is 13.0 Å². The Kier molecular flexibility index (Phi) is 11.4. The Hall–Kier alpha value is -2.81. The molecule has 1 aliphatic carbocycles. The number of phenols is 1. The van der Waals surface area contributed by atoms with Crippen LogP contribution in [0.25, 0.3) is 0 Å². The Morgan fingerprint density at radius 3 is 2.12 bits per heavy atom. The summed E-state index contributed by atoms with van der Waals surface area (Å²) in [6, 6.07) is 8.36. The summed E-state index contributed by atoms with van der Waals surface area (Å²) in [7, 11) is 0. The van der Waals surface area contributed by atoms with Crippen LogP contribution < -0.4 is 15.4 Å². The number of ether oxygens (including phenoxy) is 1. The molecule has 2 aliphatic rings. The topological polar surface area (TPSA) is 117 Å². The van der Waals surface area contributed by atoms with E-state index in [1.165, 1.54) is 17.7 Å². The Morgan fingerprint density at radius 1 is 1.00 bits per heavy atom. The molecule has 2 amide bonds. The molecule has 1 heterocycles. The number of hydrogen-bond acceptors (Lipinski definition) is 6. The number of halogens is 3. The van der Waals surface area contributed by atoms with Gasteiger partial charge in [-0.3, -0.25) is 14.4 Å². The molecule has 1 saturated heterocycles. The molecule has 11 heteroatoms. The second-order valence-electron chi connectivity index (χ2n) is 16.1. The molecule has 8 nitrogen and oxygen atoms in total. The molecule has 4 rings (SSSR count). The Bertz CT molecular complexity index is 1670. The maximum atomic E-state index is 14.0. The van der Waals surface area contributed by atoms with Crippen LogP contribution in [-0.2, 0) is 25.2 Å². The van der Waals surface area contributed by atoms with Crippen molar-refractivity contribution in [2.24, 2.45) is 10.4 Å². The van der Waals surface area contributed by atoms with Gasteiger partial charge in [0.1, 0.15) is 5.75 Å². The van der Waals surface area contributed by atoms with Crippen LogP contribution in [-0.4, -0.2) is 51.0 Å². The molecule has 2 aromatic carbocycles. The van der Waals surface area contributed by atoms with E-state index in [0.29, 0.717) is 25.0 Å². The van der Waals surface area contributed by atoms with Gasteiger partial charge in [-0.15, -0.1) is 11.6 Å². The van der Waals surface area contributed by atoms with Gasteiger partial charge in [-0.1, -0.05) is 105 Å². The number of nitrogens with one attached hydrogen (secondary N) is 2. The highest BCUT2D eigenvalue weighted by Crippen LogP contribution is 2.50. The number of phenolic OH excluding ortho intramolecular Hbond substituents is 1. The third-order valence-corrected chi connectivity index (χ3v) is 12.2. The van der Waals surface area contributed by atoms with Gasteiger partial charge in [0.05, 0.1) is 26.6 Å². The van der Waals surface area contributed by atoms with Crippen molar-refractivity contribution in [3.05, 3.63) is 51.5 Å². The number of amides is 2. The van der Waals surface area contributed by atoms with Crippen molar-refractivity contribution >= 4 is 63.8 Å². The third-order valence-electron chi connectivity index (χ3n) is 11.1. The van der Waals surface area contributed by atoms with E-state index in [0.717, 1.165) is 18.4 Å². The summed E-state index contributed by atoms with van der Waals surface area (Å²) in [6.45, 7) is 20.2. The standard InChI is InChI=1S/C39H52Cl3N3O5/c1-11-36(7,8)22-14-15-29(24(18-22)37(9,10)12-2)50-39(13-3)34(49)45-38(39)17-16-25(40)28(21-38)44-33(48)30(32(47)35(4,5)6)43-23-19-26(41)31(46)27(42)20-23/h14-15,18-20,25,28,46H,11-13,16-17,21H2,1-10H3,(H,44,48)(H,45,49). The van der Waals surface area contributed by atoms with Gasteiger partial charge in [-0.2, -0.15) is 0 Å². The van der Waals surface area contributed by atoms with E-state index in [9.17, 15) is 19.5 Å². The number of aromatic hydroxyl groups is 1. The van der Waals surface area contributed by atoms with Crippen molar-refractivity contribution in [3.63, 3.8) is 0 Å². The highest BCUT2D eigenvalue weighted by molar-refractivity contribution is 6.66. The van der Waals surface area contributed by atoms with Gasteiger partial charge in [0, 0.05) is 17.0 Å². The van der Waals surface area contributed by atoms with E-state index in [4.69, 9.17) is 39.5 Å². The second kappa shape index (κ2) is 14.3. The van der Waals surface area contributed by atoms with Gasteiger partial charge in [-0.05, 0) is 73.1 Å². The number of ketones is 1. The number of nitrogens with zero attached hydrogens (tertiary/aromatic N) is 1. The zero-order valence-corrected chi connectivity index (χ0v) is 33.2. The first-order valence-electron chi connectivity index (χ1n) is 17.5. The fraction of sp³-hybridized carbons (Fsp3) is 0.590. The van der Waals surface area contributed by atoms with E-state index in [2.05, 4.69) is 69.3 Å². The molecule has 0 aromatic heterocycles. The van der Waals surface area contributed by atoms with Crippen LogP contribution in [0.15, 0.2) is 35.3 Å². The number of rotatable bonds is 11. The number of Topliss-reactive ketones (excluding diaryl/α,β-unsaturated/α-hetero) is 1. The van der Waals surface area contributed by atoms with Gasteiger partial charge < -0.3 is 20.5 Å². The summed E-state index contributed by atoms with van der Waals surface area (Å²) in [4.78, 5) is 45.6. The first kappa shape index (κ1) is 40.0. The molecule has 50 heavy (non-hydrogen) atoms. The Balaban J connectivity index is 1.71. The monoisotopic (exact) mass is 747 g/mol. The first-order valence-corrected chi connectivity index (χ1v) is 18.7. The molecule has 274 valence electrons. The lowest BCUT2D eigenvalue weighted by atomic mass is 9.61. The zero-order chi connectivity index (χ0) is 37.6. The molecule has 1 aliphatic heterocycles. The first-order chi connectivity index (χ1) is 23.1. The third kappa shape index (κ3) is 7.40. The molecule has 1 spiro atoms.